The van der Waals surface area contributed by atoms with Gasteiger partial charge in [0.05, 0.1) is 12.0 Å². The van der Waals surface area contributed by atoms with Crippen molar-refractivity contribution < 1.29 is 9.53 Å². The Bertz CT molecular complexity index is 605. The van der Waals surface area contributed by atoms with Crippen molar-refractivity contribution in [2.75, 3.05) is 19.7 Å². The summed E-state index contributed by atoms with van der Waals surface area (Å²) in [6.45, 7) is 8.50. The molecule has 1 spiro atoms. The van der Waals surface area contributed by atoms with E-state index in [-0.39, 0.29) is 17.3 Å². The molecule has 2 aliphatic rings. The summed E-state index contributed by atoms with van der Waals surface area (Å²) in [6.07, 6.45) is 3.31. The van der Waals surface area contributed by atoms with E-state index in [1.165, 1.54) is 15.6 Å². The standard InChI is InChI=1S/C19H26BrNO2/c1-4-23-17(22)18(2,3)14-12-19(8-10-21-11-9-19)16-13(14)6-5-7-15(16)20/h5-7,14,21H,4,8-12H2,1-3H3. The average molecular weight is 380 g/mol. The predicted molar refractivity (Wildman–Crippen MR) is 95.7 cm³/mol. The second kappa shape index (κ2) is 6.21. The molecule has 1 N–H and O–H groups in total. The molecule has 0 amide bonds. The van der Waals surface area contributed by atoms with E-state index in [0.29, 0.717) is 6.61 Å². The maximum absolute atomic E-state index is 12.6. The molecule has 3 rings (SSSR count). The number of ether oxygens (including phenoxy) is 1. The highest BCUT2D eigenvalue weighted by Gasteiger charge is 2.52. The Hall–Kier alpha value is -0.870. The van der Waals surface area contributed by atoms with Gasteiger partial charge in [-0.2, -0.15) is 0 Å². The average Bonchev–Trinajstić information content (AvgIpc) is 2.84. The van der Waals surface area contributed by atoms with E-state index >= 15 is 0 Å². The van der Waals surface area contributed by atoms with E-state index in [2.05, 4.69) is 39.4 Å². The van der Waals surface area contributed by atoms with E-state index < -0.39 is 5.41 Å². The second-order valence-electron chi connectivity index (χ2n) is 7.43. The summed E-state index contributed by atoms with van der Waals surface area (Å²) >= 11 is 3.78. The van der Waals surface area contributed by atoms with Gasteiger partial charge in [-0.25, -0.2) is 0 Å². The zero-order valence-corrected chi connectivity index (χ0v) is 15.8. The number of rotatable bonds is 3. The molecule has 4 heteroatoms. The maximum atomic E-state index is 12.6. The molecule has 1 aromatic carbocycles. The first-order valence-corrected chi connectivity index (χ1v) is 9.38. The lowest BCUT2D eigenvalue weighted by molar-refractivity contribution is -0.155. The van der Waals surface area contributed by atoms with Gasteiger partial charge in [0, 0.05) is 10.4 Å². The molecule has 0 bridgehead atoms. The Kier molecular flexibility index (Phi) is 4.58. The summed E-state index contributed by atoms with van der Waals surface area (Å²) in [7, 11) is 0. The van der Waals surface area contributed by atoms with Crippen LogP contribution in [0.3, 0.4) is 0 Å². The van der Waals surface area contributed by atoms with Crippen LogP contribution < -0.4 is 5.32 Å². The van der Waals surface area contributed by atoms with Gasteiger partial charge in [-0.05, 0) is 75.7 Å². The lowest BCUT2D eigenvalue weighted by Crippen LogP contribution is -2.40. The van der Waals surface area contributed by atoms with Crippen molar-refractivity contribution in [3.8, 4) is 0 Å². The van der Waals surface area contributed by atoms with Crippen LogP contribution in [0.2, 0.25) is 0 Å². The maximum Gasteiger partial charge on any atom is 0.312 e. The fourth-order valence-electron chi connectivity index (χ4n) is 4.46. The first-order valence-electron chi connectivity index (χ1n) is 8.59. The predicted octanol–water partition coefficient (Wildman–Crippen LogP) is 4.15. The lowest BCUT2D eigenvalue weighted by Gasteiger charge is -2.37. The molecule has 0 aromatic heterocycles. The first kappa shape index (κ1) is 17.0. The number of piperidine rings is 1. The molecular weight excluding hydrogens is 354 g/mol. The van der Waals surface area contributed by atoms with Crippen molar-refractivity contribution in [3.05, 3.63) is 33.8 Å². The molecule has 1 atom stereocenters. The van der Waals surface area contributed by atoms with Gasteiger partial charge in [0.25, 0.3) is 0 Å². The zero-order valence-electron chi connectivity index (χ0n) is 14.2. The molecular formula is C19H26BrNO2. The van der Waals surface area contributed by atoms with Crippen LogP contribution in [0.25, 0.3) is 0 Å². The van der Waals surface area contributed by atoms with Crippen molar-refractivity contribution in [1.82, 2.24) is 5.32 Å². The molecule has 0 saturated carbocycles. The van der Waals surface area contributed by atoms with Gasteiger partial charge < -0.3 is 10.1 Å². The van der Waals surface area contributed by atoms with Crippen molar-refractivity contribution >= 4 is 21.9 Å². The fraction of sp³-hybridized carbons (Fsp3) is 0.632. The molecule has 3 nitrogen and oxygen atoms in total. The SMILES string of the molecule is CCOC(=O)C(C)(C)C1CC2(CCNCC2)c2c(Br)cccc21. The van der Waals surface area contributed by atoms with E-state index in [1.54, 1.807) is 0 Å². The molecule has 1 aliphatic carbocycles. The topological polar surface area (TPSA) is 38.3 Å². The molecule has 1 aromatic rings. The number of carbonyl (C=O) groups is 1. The lowest BCUT2D eigenvalue weighted by atomic mass is 9.70. The highest BCUT2D eigenvalue weighted by molar-refractivity contribution is 9.10. The molecule has 1 saturated heterocycles. The Morgan fingerprint density at radius 1 is 1.39 bits per heavy atom. The number of hydrogen-bond acceptors (Lipinski definition) is 3. The van der Waals surface area contributed by atoms with Crippen LogP contribution in [0, 0.1) is 5.41 Å². The number of esters is 1. The highest BCUT2D eigenvalue weighted by atomic mass is 79.9. The summed E-state index contributed by atoms with van der Waals surface area (Å²) in [5.74, 6) is 0.133. The van der Waals surface area contributed by atoms with Crippen LogP contribution in [0.1, 0.15) is 57.1 Å². The summed E-state index contributed by atoms with van der Waals surface area (Å²) in [5.41, 5.74) is 2.46. The molecule has 126 valence electrons. The third-order valence-corrected chi connectivity index (χ3v) is 6.44. The zero-order chi connectivity index (χ0) is 16.7. The minimum absolute atomic E-state index is 0.0816. The molecule has 1 aliphatic heterocycles. The third-order valence-electron chi connectivity index (χ3n) is 5.78. The van der Waals surface area contributed by atoms with Crippen LogP contribution in [0.5, 0.6) is 0 Å². The van der Waals surface area contributed by atoms with Crippen molar-refractivity contribution in [2.24, 2.45) is 5.41 Å². The summed E-state index contributed by atoms with van der Waals surface area (Å²) in [4.78, 5) is 12.6. The van der Waals surface area contributed by atoms with Crippen LogP contribution in [-0.2, 0) is 14.9 Å². The van der Waals surface area contributed by atoms with Gasteiger partial charge in [-0.3, -0.25) is 4.79 Å². The van der Waals surface area contributed by atoms with E-state index in [1.807, 2.05) is 20.8 Å². The number of hydrogen-bond donors (Lipinski definition) is 1. The smallest absolute Gasteiger partial charge is 0.312 e. The van der Waals surface area contributed by atoms with Gasteiger partial charge in [-0.15, -0.1) is 0 Å². The number of fused-ring (bicyclic) bond motifs is 2. The highest BCUT2D eigenvalue weighted by Crippen LogP contribution is 2.58. The Balaban J connectivity index is 2.05. The fourth-order valence-corrected chi connectivity index (χ4v) is 5.26. The molecule has 23 heavy (non-hydrogen) atoms. The molecule has 1 unspecified atom stereocenters. The molecule has 0 radical (unpaired) electrons. The van der Waals surface area contributed by atoms with Gasteiger partial charge in [0.15, 0.2) is 0 Å². The minimum Gasteiger partial charge on any atom is -0.466 e. The van der Waals surface area contributed by atoms with Gasteiger partial charge >= 0.3 is 5.97 Å². The number of nitrogens with one attached hydrogen (secondary N) is 1. The Morgan fingerprint density at radius 3 is 2.74 bits per heavy atom. The van der Waals surface area contributed by atoms with Gasteiger partial charge in [0.1, 0.15) is 0 Å². The Morgan fingerprint density at radius 2 is 2.09 bits per heavy atom. The molecule has 1 fully saturated rings. The van der Waals surface area contributed by atoms with Crippen molar-refractivity contribution in [1.29, 1.82) is 0 Å². The van der Waals surface area contributed by atoms with Gasteiger partial charge in [-0.1, -0.05) is 28.1 Å². The number of halogens is 1. The van der Waals surface area contributed by atoms with E-state index in [4.69, 9.17) is 4.74 Å². The van der Waals surface area contributed by atoms with Crippen LogP contribution >= 0.6 is 15.9 Å². The summed E-state index contributed by atoms with van der Waals surface area (Å²) < 4.78 is 6.57. The van der Waals surface area contributed by atoms with Crippen LogP contribution in [-0.4, -0.2) is 25.7 Å². The largest absolute Gasteiger partial charge is 0.466 e. The van der Waals surface area contributed by atoms with Crippen LogP contribution in [0.4, 0.5) is 0 Å². The molecule has 1 heterocycles. The number of carbonyl (C=O) groups excluding carboxylic acids is 1. The van der Waals surface area contributed by atoms with Crippen molar-refractivity contribution in [2.45, 2.75) is 51.4 Å². The van der Waals surface area contributed by atoms with E-state index in [9.17, 15) is 4.79 Å². The summed E-state index contributed by atoms with van der Waals surface area (Å²) in [5, 5.41) is 3.48. The van der Waals surface area contributed by atoms with Gasteiger partial charge in [0.2, 0.25) is 0 Å². The van der Waals surface area contributed by atoms with Crippen molar-refractivity contribution in [3.63, 3.8) is 0 Å². The monoisotopic (exact) mass is 379 g/mol. The minimum atomic E-state index is -0.500. The normalized spacial score (nSPS) is 22.9. The quantitative estimate of drug-likeness (QED) is 0.801. The number of benzene rings is 1. The van der Waals surface area contributed by atoms with E-state index in [0.717, 1.165) is 32.4 Å². The Labute approximate surface area is 147 Å². The first-order chi connectivity index (χ1) is 10.9. The summed E-state index contributed by atoms with van der Waals surface area (Å²) in [6, 6.07) is 6.45. The second-order valence-corrected chi connectivity index (χ2v) is 8.29. The third kappa shape index (κ3) is 2.74. The van der Waals surface area contributed by atoms with Crippen LogP contribution in [0.15, 0.2) is 22.7 Å².